The molecule has 0 amide bonds. The van der Waals surface area contributed by atoms with Crippen molar-refractivity contribution in [1.82, 2.24) is 0 Å². The van der Waals surface area contributed by atoms with Crippen LogP contribution in [0.15, 0.2) is 60.3 Å². The number of carbonyl (C=O) groups is 2. The number of anilines is 1. The average molecular weight is 397 g/mol. The first-order valence-electron chi connectivity index (χ1n) is 9.42. The lowest BCUT2D eigenvalue weighted by Crippen LogP contribution is -2.25. The Balaban J connectivity index is 1.52. The standard InChI is InChI=1S/C23H24FNO4/c1-23(2)17-8-4-6-10-19(17)25(3)21(23)14-16(26)15-29-22(27)12-13-28-20-11-7-5-9-18(20)24/h4-11,14H,12-13,15H2,1-3H3/b21-14-. The van der Waals surface area contributed by atoms with Crippen LogP contribution in [-0.2, 0) is 19.7 Å². The minimum absolute atomic E-state index is 0.0277. The third-order valence-corrected chi connectivity index (χ3v) is 5.01. The number of carbonyl (C=O) groups excluding carboxylic acids is 2. The molecule has 29 heavy (non-hydrogen) atoms. The van der Waals surface area contributed by atoms with Gasteiger partial charge in [-0.2, -0.15) is 0 Å². The highest BCUT2D eigenvalue weighted by Crippen LogP contribution is 2.46. The summed E-state index contributed by atoms with van der Waals surface area (Å²) >= 11 is 0. The Morgan fingerprint density at radius 3 is 2.52 bits per heavy atom. The van der Waals surface area contributed by atoms with Crippen molar-refractivity contribution in [2.75, 3.05) is 25.2 Å². The van der Waals surface area contributed by atoms with Crippen LogP contribution in [0.1, 0.15) is 25.8 Å². The highest BCUT2D eigenvalue weighted by molar-refractivity contribution is 5.94. The Bertz CT molecular complexity index is 951. The van der Waals surface area contributed by atoms with Crippen LogP contribution in [0.4, 0.5) is 10.1 Å². The number of esters is 1. The fraction of sp³-hybridized carbons (Fsp3) is 0.304. The number of hydrogen-bond acceptors (Lipinski definition) is 5. The molecule has 0 aliphatic carbocycles. The monoisotopic (exact) mass is 397 g/mol. The van der Waals surface area contributed by atoms with Crippen molar-refractivity contribution in [1.29, 1.82) is 0 Å². The number of likely N-dealkylation sites (N-methyl/N-ethyl adjacent to an activating group) is 1. The highest BCUT2D eigenvalue weighted by Gasteiger charge is 2.38. The number of allylic oxidation sites excluding steroid dienone is 1. The summed E-state index contributed by atoms with van der Waals surface area (Å²) in [6, 6.07) is 13.9. The van der Waals surface area contributed by atoms with Crippen molar-refractivity contribution < 1.29 is 23.5 Å². The van der Waals surface area contributed by atoms with Gasteiger partial charge in [0, 0.05) is 29.9 Å². The van der Waals surface area contributed by atoms with E-state index in [9.17, 15) is 14.0 Å². The maximum Gasteiger partial charge on any atom is 0.309 e. The molecule has 1 aliphatic rings. The molecule has 0 saturated carbocycles. The van der Waals surface area contributed by atoms with Crippen molar-refractivity contribution in [3.05, 3.63) is 71.7 Å². The van der Waals surface area contributed by atoms with Gasteiger partial charge < -0.3 is 14.4 Å². The summed E-state index contributed by atoms with van der Waals surface area (Å²) in [6.07, 6.45) is 1.46. The van der Waals surface area contributed by atoms with E-state index in [0.717, 1.165) is 16.9 Å². The third kappa shape index (κ3) is 4.47. The van der Waals surface area contributed by atoms with Crippen LogP contribution >= 0.6 is 0 Å². The molecule has 0 unspecified atom stereocenters. The van der Waals surface area contributed by atoms with Crippen molar-refractivity contribution in [3.63, 3.8) is 0 Å². The molecular weight excluding hydrogens is 373 g/mol. The van der Waals surface area contributed by atoms with Crippen LogP contribution in [0.25, 0.3) is 0 Å². The Morgan fingerprint density at radius 2 is 1.79 bits per heavy atom. The highest BCUT2D eigenvalue weighted by atomic mass is 19.1. The number of halogens is 1. The zero-order valence-corrected chi connectivity index (χ0v) is 16.8. The molecule has 0 radical (unpaired) electrons. The van der Waals surface area contributed by atoms with Crippen LogP contribution in [0.3, 0.4) is 0 Å². The summed E-state index contributed by atoms with van der Waals surface area (Å²) in [7, 11) is 1.92. The predicted molar refractivity (Wildman–Crippen MR) is 108 cm³/mol. The second kappa shape index (κ2) is 8.47. The number of benzene rings is 2. The molecule has 1 heterocycles. The number of ketones is 1. The number of para-hydroxylation sites is 2. The predicted octanol–water partition coefficient (Wildman–Crippen LogP) is 4.02. The Morgan fingerprint density at radius 1 is 1.10 bits per heavy atom. The molecule has 0 aromatic heterocycles. The fourth-order valence-electron chi connectivity index (χ4n) is 3.48. The summed E-state index contributed by atoms with van der Waals surface area (Å²) in [5, 5.41) is 0. The molecule has 2 aromatic rings. The molecule has 2 aromatic carbocycles. The fourth-order valence-corrected chi connectivity index (χ4v) is 3.48. The van der Waals surface area contributed by atoms with Crippen molar-refractivity contribution in [2.45, 2.75) is 25.7 Å². The molecular formula is C23H24FNO4. The summed E-state index contributed by atoms with van der Waals surface area (Å²) < 4.78 is 23.7. The largest absolute Gasteiger partial charge is 0.490 e. The molecule has 5 nitrogen and oxygen atoms in total. The Hall–Kier alpha value is -3.15. The quantitative estimate of drug-likeness (QED) is 0.522. The molecule has 0 saturated heterocycles. The van der Waals surface area contributed by atoms with Crippen LogP contribution in [-0.4, -0.2) is 32.0 Å². The van der Waals surface area contributed by atoms with E-state index in [1.807, 2.05) is 36.2 Å². The molecule has 6 heteroatoms. The van der Waals surface area contributed by atoms with E-state index in [-0.39, 0.29) is 36.6 Å². The van der Waals surface area contributed by atoms with E-state index in [1.54, 1.807) is 12.1 Å². The van der Waals surface area contributed by atoms with Crippen LogP contribution < -0.4 is 9.64 Å². The van der Waals surface area contributed by atoms with Gasteiger partial charge in [0.25, 0.3) is 0 Å². The van der Waals surface area contributed by atoms with Gasteiger partial charge in [0.05, 0.1) is 13.0 Å². The van der Waals surface area contributed by atoms with E-state index in [1.165, 1.54) is 18.2 Å². The first kappa shape index (κ1) is 20.6. The van der Waals surface area contributed by atoms with Crippen molar-refractivity contribution in [3.8, 4) is 5.75 Å². The zero-order valence-electron chi connectivity index (χ0n) is 16.8. The lowest BCUT2D eigenvalue weighted by molar-refractivity contribution is -0.147. The second-order valence-electron chi connectivity index (χ2n) is 7.39. The molecule has 3 rings (SSSR count). The van der Waals surface area contributed by atoms with Gasteiger partial charge in [0.15, 0.2) is 24.0 Å². The molecule has 1 aliphatic heterocycles. The number of rotatable bonds is 7. The first-order valence-corrected chi connectivity index (χ1v) is 9.42. The van der Waals surface area contributed by atoms with Gasteiger partial charge in [-0.05, 0) is 23.8 Å². The number of hydrogen-bond donors (Lipinski definition) is 0. The summed E-state index contributed by atoms with van der Waals surface area (Å²) in [5.41, 5.74) is 2.73. The average Bonchev–Trinajstić information content (AvgIpc) is 2.89. The van der Waals surface area contributed by atoms with Gasteiger partial charge >= 0.3 is 5.97 Å². The number of nitrogens with zero attached hydrogens (tertiary/aromatic N) is 1. The number of ether oxygens (including phenoxy) is 2. The summed E-state index contributed by atoms with van der Waals surface area (Å²) in [6.45, 7) is 3.74. The third-order valence-electron chi connectivity index (χ3n) is 5.01. The topological polar surface area (TPSA) is 55.8 Å². The molecule has 152 valence electrons. The minimum Gasteiger partial charge on any atom is -0.490 e. The van der Waals surface area contributed by atoms with Crippen LogP contribution in [0, 0.1) is 5.82 Å². The van der Waals surface area contributed by atoms with Crippen molar-refractivity contribution in [2.24, 2.45) is 0 Å². The molecule has 0 spiro atoms. The van der Waals surface area contributed by atoms with Gasteiger partial charge in [-0.25, -0.2) is 4.39 Å². The van der Waals surface area contributed by atoms with Crippen LogP contribution in [0.5, 0.6) is 5.75 Å². The van der Waals surface area contributed by atoms with Gasteiger partial charge in [-0.1, -0.05) is 44.2 Å². The van der Waals surface area contributed by atoms with Gasteiger partial charge in [-0.15, -0.1) is 0 Å². The van der Waals surface area contributed by atoms with Gasteiger partial charge in [0.1, 0.15) is 0 Å². The SMILES string of the molecule is CN1/C(=C\C(=O)COC(=O)CCOc2ccccc2F)C(C)(C)c2ccccc21. The van der Waals surface area contributed by atoms with E-state index in [4.69, 9.17) is 9.47 Å². The minimum atomic E-state index is -0.574. The first-order chi connectivity index (χ1) is 13.8. The second-order valence-corrected chi connectivity index (χ2v) is 7.39. The maximum atomic E-state index is 13.5. The summed E-state index contributed by atoms with van der Waals surface area (Å²) in [5.74, 6) is -1.29. The van der Waals surface area contributed by atoms with E-state index in [0.29, 0.717) is 0 Å². The normalized spacial score (nSPS) is 15.9. The van der Waals surface area contributed by atoms with Crippen LogP contribution in [0.2, 0.25) is 0 Å². The summed E-state index contributed by atoms with van der Waals surface area (Å²) in [4.78, 5) is 26.2. The van der Waals surface area contributed by atoms with Crippen molar-refractivity contribution >= 4 is 17.4 Å². The molecule has 0 atom stereocenters. The van der Waals surface area contributed by atoms with E-state index < -0.39 is 11.8 Å². The van der Waals surface area contributed by atoms with E-state index in [2.05, 4.69) is 13.8 Å². The molecule has 0 N–H and O–H groups in total. The molecule has 0 fully saturated rings. The Labute approximate surface area is 169 Å². The Kier molecular flexibility index (Phi) is 6.01. The maximum absolute atomic E-state index is 13.5. The number of fused-ring (bicyclic) bond motifs is 1. The van der Waals surface area contributed by atoms with E-state index >= 15 is 0 Å². The van der Waals surface area contributed by atoms with Gasteiger partial charge in [0.2, 0.25) is 0 Å². The lowest BCUT2D eigenvalue weighted by Gasteiger charge is -2.23. The molecule has 0 bridgehead atoms. The van der Waals surface area contributed by atoms with Gasteiger partial charge in [-0.3, -0.25) is 9.59 Å². The smallest absolute Gasteiger partial charge is 0.309 e. The lowest BCUT2D eigenvalue weighted by atomic mass is 9.83. The zero-order chi connectivity index (χ0) is 21.0.